The Hall–Kier alpha value is -2.65. The summed E-state index contributed by atoms with van der Waals surface area (Å²) in [7, 11) is -0.853. The average Bonchev–Trinajstić information content (AvgIpc) is 3.12. The number of methoxy groups -OCH3 is 2. The molecule has 0 spiro atoms. The van der Waals surface area contributed by atoms with Gasteiger partial charge in [0.1, 0.15) is 28.8 Å². The van der Waals surface area contributed by atoms with E-state index in [2.05, 4.69) is 4.72 Å². The maximum Gasteiger partial charge on any atom is 0.244 e. The molecule has 140 valence electrons. The van der Waals surface area contributed by atoms with Gasteiger partial charge >= 0.3 is 0 Å². The third-order valence-corrected chi connectivity index (χ3v) is 5.17. The maximum absolute atomic E-state index is 12.5. The predicted molar refractivity (Wildman–Crippen MR) is 92.8 cm³/mol. The number of hydrogen-bond donors (Lipinski definition) is 1. The van der Waals surface area contributed by atoms with E-state index in [0.29, 0.717) is 23.0 Å². The molecule has 0 atom stereocenters. The summed E-state index contributed by atoms with van der Waals surface area (Å²) in [5.74, 6) is 2.53. The Morgan fingerprint density at radius 1 is 1.00 bits per heavy atom. The van der Waals surface area contributed by atoms with E-state index in [1.54, 1.807) is 24.3 Å². The second-order valence-electron chi connectivity index (χ2n) is 5.28. The molecule has 0 saturated carbocycles. The fraction of sp³-hybridized carbons (Fsp3) is 0.294. The fourth-order valence-corrected chi connectivity index (χ4v) is 3.55. The van der Waals surface area contributed by atoms with E-state index in [-0.39, 0.29) is 30.6 Å². The molecule has 0 fully saturated rings. The summed E-state index contributed by atoms with van der Waals surface area (Å²) < 4.78 is 53.6. The first-order valence-electron chi connectivity index (χ1n) is 7.77. The van der Waals surface area contributed by atoms with Gasteiger partial charge in [0, 0.05) is 18.7 Å². The monoisotopic (exact) mass is 381 g/mol. The Balaban J connectivity index is 1.58. The van der Waals surface area contributed by atoms with Gasteiger partial charge in [-0.1, -0.05) is 0 Å². The van der Waals surface area contributed by atoms with Crippen molar-refractivity contribution in [3.63, 3.8) is 0 Å². The van der Waals surface area contributed by atoms with Gasteiger partial charge in [-0.25, -0.2) is 13.1 Å². The number of benzene rings is 2. The molecule has 0 aliphatic carbocycles. The topological polar surface area (TPSA) is 92.3 Å². The smallest absolute Gasteiger partial charge is 0.244 e. The number of rotatable bonds is 8. The second kappa shape index (κ2) is 7.71. The lowest BCUT2D eigenvalue weighted by Gasteiger charge is -2.12. The van der Waals surface area contributed by atoms with Crippen LogP contribution < -0.4 is 28.4 Å². The van der Waals surface area contributed by atoms with E-state index in [0.717, 1.165) is 0 Å². The normalized spacial score (nSPS) is 12.7. The zero-order chi connectivity index (χ0) is 18.6. The van der Waals surface area contributed by atoms with E-state index in [4.69, 9.17) is 23.7 Å². The third kappa shape index (κ3) is 3.94. The van der Waals surface area contributed by atoms with Crippen LogP contribution in [0.1, 0.15) is 0 Å². The van der Waals surface area contributed by atoms with Crippen molar-refractivity contribution in [3.05, 3.63) is 36.4 Å². The van der Waals surface area contributed by atoms with Crippen molar-refractivity contribution in [2.24, 2.45) is 0 Å². The molecule has 0 aromatic heterocycles. The zero-order valence-corrected chi connectivity index (χ0v) is 15.2. The van der Waals surface area contributed by atoms with Gasteiger partial charge < -0.3 is 23.7 Å². The quantitative estimate of drug-likeness (QED) is 0.697. The highest BCUT2D eigenvalue weighted by Gasteiger charge is 2.20. The highest BCUT2D eigenvalue weighted by molar-refractivity contribution is 7.89. The lowest BCUT2D eigenvalue weighted by atomic mass is 10.3. The van der Waals surface area contributed by atoms with Gasteiger partial charge in [-0.05, 0) is 24.3 Å². The molecule has 0 saturated heterocycles. The van der Waals surface area contributed by atoms with Crippen LogP contribution in [0.3, 0.4) is 0 Å². The van der Waals surface area contributed by atoms with E-state index >= 15 is 0 Å². The van der Waals surface area contributed by atoms with Crippen LogP contribution in [-0.2, 0) is 10.0 Å². The Bertz CT molecular complexity index is 883. The second-order valence-corrected chi connectivity index (χ2v) is 7.01. The van der Waals surface area contributed by atoms with Crippen molar-refractivity contribution < 1.29 is 32.1 Å². The highest BCUT2D eigenvalue weighted by Crippen LogP contribution is 2.35. The van der Waals surface area contributed by atoms with Crippen molar-refractivity contribution in [3.8, 4) is 28.7 Å². The number of nitrogens with one attached hydrogen (secondary N) is 1. The van der Waals surface area contributed by atoms with Crippen molar-refractivity contribution in [2.75, 3.05) is 34.2 Å². The van der Waals surface area contributed by atoms with Gasteiger partial charge in [0.05, 0.1) is 14.2 Å². The number of fused-ring (bicyclic) bond motifs is 1. The van der Waals surface area contributed by atoms with Crippen molar-refractivity contribution in [1.29, 1.82) is 0 Å². The molecule has 8 nitrogen and oxygen atoms in total. The summed E-state index contributed by atoms with van der Waals surface area (Å²) >= 11 is 0. The molecule has 0 bridgehead atoms. The molecule has 1 heterocycles. The van der Waals surface area contributed by atoms with Crippen LogP contribution in [0.2, 0.25) is 0 Å². The van der Waals surface area contributed by atoms with Crippen LogP contribution in [0, 0.1) is 0 Å². The maximum atomic E-state index is 12.5. The molecule has 0 radical (unpaired) electrons. The van der Waals surface area contributed by atoms with Gasteiger partial charge in [-0.2, -0.15) is 0 Å². The van der Waals surface area contributed by atoms with Crippen LogP contribution >= 0.6 is 0 Å². The van der Waals surface area contributed by atoms with Crippen LogP contribution in [0.5, 0.6) is 28.7 Å². The zero-order valence-electron chi connectivity index (χ0n) is 14.4. The van der Waals surface area contributed by atoms with Crippen molar-refractivity contribution in [2.45, 2.75) is 4.90 Å². The first-order valence-corrected chi connectivity index (χ1v) is 9.26. The van der Waals surface area contributed by atoms with Crippen molar-refractivity contribution >= 4 is 10.0 Å². The molecule has 2 aromatic carbocycles. The van der Waals surface area contributed by atoms with E-state index in [1.165, 1.54) is 26.4 Å². The Morgan fingerprint density at radius 2 is 1.77 bits per heavy atom. The fourth-order valence-electron chi connectivity index (χ4n) is 2.39. The molecule has 1 aliphatic rings. The summed E-state index contributed by atoms with van der Waals surface area (Å²) in [6, 6.07) is 9.67. The largest absolute Gasteiger partial charge is 0.497 e. The van der Waals surface area contributed by atoms with Crippen LogP contribution in [0.15, 0.2) is 41.3 Å². The Morgan fingerprint density at radius 3 is 2.54 bits per heavy atom. The molecule has 0 unspecified atom stereocenters. The SMILES string of the molecule is COc1ccc(S(=O)(=O)NCCOc2ccc3c(c2)OCO3)c(OC)c1. The molecule has 1 N–H and O–H groups in total. The minimum absolute atomic E-state index is 0.0314. The van der Waals surface area contributed by atoms with Gasteiger partial charge in [0.15, 0.2) is 11.5 Å². The summed E-state index contributed by atoms with van der Waals surface area (Å²) in [4.78, 5) is 0.0314. The predicted octanol–water partition coefficient (Wildman–Crippen LogP) is 1.79. The first-order chi connectivity index (χ1) is 12.5. The summed E-state index contributed by atoms with van der Waals surface area (Å²) in [5, 5.41) is 0. The standard InChI is InChI=1S/C17H19NO7S/c1-21-12-4-6-17(16(9-12)22-2)26(19,20)18-7-8-23-13-3-5-14-15(10-13)25-11-24-14/h3-6,9-10,18H,7-8,11H2,1-2H3. The Labute approximate surface area is 151 Å². The Kier molecular flexibility index (Phi) is 5.38. The molecule has 1 aliphatic heterocycles. The van der Waals surface area contributed by atoms with Crippen molar-refractivity contribution in [1.82, 2.24) is 4.72 Å². The van der Waals surface area contributed by atoms with E-state index in [1.807, 2.05) is 0 Å². The lowest BCUT2D eigenvalue weighted by molar-refractivity contribution is 0.173. The summed E-state index contributed by atoms with van der Waals surface area (Å²) in [6.45, 7) is 0.422. The van der Waals surface area contributed by atoms with Gasteiger partial charge in [-0.3, -0.25) is 0 Å². The van der Waals surface area contributed by atoms with Gasteiger partial charge in [-0.15, -0.1) is 0 Å². The first kappa shape index (κ1) is 18.2. The number of sulfonamides is 1. The van der Waals surface area contributed by atoms with E-state index in [9.17, 15) is 8.42 Å². The average molecular weight is 381 g/mol. The van der Waals surface area contributed by atoms with Gasteiger partial charge in [0.2, 0.25) is 16.8 Å². The number of hydrogen-bond acceptors (Lipinski definition) is 7. The van der Waals surface area contributed by atoms with Gasteiger partial charge in [0.25, 0.3) is 0 Å². The molecule has 0 amide bonds. The third-order valence-electron chi connectivity index (χ3n) is 3.67. The highest BCUT2D eigenvalue weighted by atomic mass is 32.2. The molecule has 3 rings (SSSR count). The number of ether oxygens (including phenoxy) is 5. The molecule has 2 aromatic rings. The van der Waals surface area contributed by atoms with E-state index < -0.39 is 10.0 Å². The minimum atomic E-state index is -3.75. The van der Waals surface area contributed by atoms with Crippen LogP contribution in [0.25, 0.3) is 0 Å². The van der Waals surface area contributed by atoms with Crippen LogP contribution in [-0.4, -0.2) is 42.6 Å². The van der Waals surface area contributed by atoms with Crippen LogP contribution in [0.4, 0.5) is 0 Å². The molecular weight excluding hydrogens is 362 g/mol. The molecular formula is C17H19NO7S. The molecule has 26 heavy (non-hydrogen) atoms. The lowest BCUT2D eigenvalue weighted by Crippen LogP contribution is -2.28. The molecule has 9 heteroatoms. The summed E-state index contributed by atoms with van der Waals surface area (Å²) in [6.07, 6.45) is 0. The minimum Gasteiger partial charge on any atom is -0.497 e. The summed E-state index contributed by atoms with van der Waals surface area (Å²) in [5.41, 5.74) is 0.